The third kappa shape index (κ3) is 1.79. The number of unbranched alkanes of at least 4 members (excludes halogenated alkanes) is 1. The zero-order valence-corrected chi connectivity index (χ0v) is 5.41. The number of hydrogen-bond donors (Lipinski definition) is 0. The lowest BCUT2D eigenvalue weighted by Gasteiger charge is -1.92. The van der Waals surface area contributed by atoms with E-state index >= 15 is 0 Å². The fraction of sp³-hybridized carbons (Fsp3) is 0.800. The second-order valence-corrected chi connectivity index (χ2v) is 1.86. The fourth-order valence-corrected chi connectivity index (χ4v) is 0.563. The molecule has 0 saturated heterocycles. The Kier molecular flexibility index (Phi) is 2.18. The van der Waals surface area contributed by atoms with E-state index in [1.807, 2.05) is 0 Å². The van der Waals surface area contributed by atoms with E-state index in [4.69, 9.17) is 0 Å². The highest BCUT2D eigenvalue weighted by Crippen LogP contribution is 1.88. The molecule has 0 atom stereocenters. The van der Waals surface area contributed by atoms with Gasteiger partial charge in [-0.15, -0.1) is 5.10 Å². The van der Waals surface area contributed by atoms with Crippen LogP contribution in [0.2, 0.25) is 0 Å². The molecular weight excluding hydrogens is 116 g/mol. The maximum Gasteiger partial charge on any atom is 0.221 e. The van der Waals surface area contributed by atoms with Gasteiger partial charge in [-0.1, -0.05) is 13.3 Å². The highest BCUT2D eigenvalue weighted by Gasteiger charge is 1.89. The summed E-state index contributed by atoms with van der Waals surface area (Å²) in [5.74, 6) is 0. The Morgan fingerprint density at radius 2 is 2.44 bits per heavy atom. The van der Waals surface area contributed by atoms with Gasteiger partial charge < -0.3 is 0 Å². The Morgan fingerprint density at radius 3 is 3.00 bits per heavy atom. The van der Waals surface area contributed by atoms with Crippen LogP contribution in [0.1, 0.15) is 19.8 Å². The molecule has 0 saturated carbocycles. The summed E-state index contributed by atoms with van der Waals surface area (Å²) < 4.78 is 1.61. The van der Waals surface area contributed by atoms with Crippen LogP contribution in [0.4, 0.5) is 0 Å². The van der Waals surface area contributed by atoms with Gasteiger partial charge in [0.1, 0.15) is 0 Å². The van der Waals surface area contributed by atoms with Crippen LogP contribution in [0.25, 0.3) is 0 Å². The lowest BCUT2D eigenvalue weighted by atomic mass is 10.3. The van der Waals surface area contributed by atoms with E-state index in [-0.39, 0.29) is 0 Å². The maximum absolute atomic E-state index is 3.65. The van der Waals surface area contributed by atoms with Gasteiger partial charge in [0.05, 0.1) is 0 Å². The van der Waals surface area contributed by atoms with Gasteiger partial charge in [0.15, 0.2) is 0 Å². The van der Waals surface area contributed by atoms with Crippen LogP contribution in [0, 0.1) is 6.33 Å². The summed E-state index contributed by atoms with van der Waals surface area (Å²) in [6, 6.07) is 0. The molecule has 4 heteroatoms. The van der Waals surface area contributed by atoms with E-state index < -0.39 is 0 Å². The number of rotatable bonds is 3. The number of aryl methyl sites for hydroxylation is 1. The predicted octanol–water partition coefficient (Wildman–Crippen LogP) is 0.273. The van der Waals surface area contributed by atoms with Gasteiger partial charge in [0.2, 0.25) is 6.33 Å². The minimum Gasteiger partial charge on any atom is -0.223 e. The first-order valence-electron chi connectivity index (χ1n) is 3.07. The zero-order chi connectivity index (χ0) is 6.53. The topological polar surface area (TPSA) is 43.6 Å². The number of hydrogen-bond acceptors (Lipinski definition) is 3. The fourth-order valence-electron chi connectivity index (χ4n) is 0.563. The summed E-state index contributed by atoms with van der Waals surface area (Å²) in [4.78, 5) is 0. The quantitative estimate of drug-likeness (QED) is 0.582. The Morgan fingerprint density at radius 1 is 1.56 bits per heavy atom. The van der Waals surface area contributed by atoms with Crippen molar-refractivity contribution in [3.63, 3.8) is 0 Å². The van der Waals surface area contributed by atoms with E-state index in [1.165, 1.54) is 0 Å². The number of aromatic nitrogens is 4. The second-order valence-electron chi connectivity index (χ2n) is 1.86. The lowest BCUT2D eigenvalue weighted by Crippen LogP contribution is -1.98. The van der Waals surface area contributed by atoms with Crippen molar-refractivity contribution >= 4 is 0 Å². The van der Waals surface area contributed by atoms with Gasteiger partial charge in [-0.05, 0) is 16.8 Å². The summed E-state index contributed by atoms with van der Waals surface area (Å²) in [7, 11) is 0. The molecule has 1 radical (unpaired) electrons. The second kappa shape index (κ2) is 3.17. The van der Waals surface area contributed by atoms with E-state index in [9.17, 15) is 0 Å². The maximum atomic E-state index is 3.65. The molecule has 0 N–H and O–H groups in total. The third-order valence-electron chi connectivity index (χ3n) is 1.08. The molecule has 1 rings (SSSR count). The van der Waals surface area contributed by atoms with Gasteiger partial charge >= 0.3 is 0 Å². The highest BCUT2D eigenvalue weighted by molar-refractivity contribution is 4.42. The van der Waals surface area contributed by atoms with Crippen LogP contribution < -0.4 is 0 Å². The SMILES string of the molecule is CCCCn1[c]nnn1. The number of tetrazole rings is 1. The van der Waals surface area contributed by atoms with Gasteiger partial charge in [-0.2, -0.15) is 0 Å². The van der Waals surface area contributed by atoms with E-state index in [1.54, 1.807) is 4.68 Å². The zero-order valence-electron chi connectivity index (χ0n) is 5.41. The van der Waals surface area contributed by atoms with Crippen LogP contribution in [-0.4, -0.2) is 20.2 Å². The lowest BCUT2D eigenvalue weighted by molar-refractivity contribution is 0.550. The third-order valence-corrected chi connectivity index (χ3v) is 1.08. The van der Waals surface area contributed by atoms with Crippen LogP contribution >= 0.6 is 0 Å². The molecule has 4 nitrogen and oxygen atoms in total. The molecular formula is C5H9N4. The molecule has 49 valence electrons. The van der Waals surface area contributed by atoms with Crippen molar-refractivity contribution < 1.29 is 0 Å². The minimum atomic E-state index is 0.878. The smallest absolute Gasteiger partial charge is 0.221 e. The van der Waals surface area contributed by atoms with E-state index in [0.717, 1.165) is 19.4 Å². The average Bonchev–Trinajstić information content (AvgIpc) is 2.34. The Labute approximate surface area is 53.9 Å². The van der Waals surface area contributed by atoms with Crippen LogP contribution in [0.15, 0.2) is 0 Å². The van der Waals surface area contributed by atoms with Crippen LogP contribution in [-0.2, 0) is 6.54 Å². The van der Waals surface area contributed by atoms with E-state index in [0.29, 0.717) is 0 Å². The molecule has 0 aromatic carbocycles. The predicted molar refractivity (Wildman–Crippen MR) is 31.6 cm³/mol. The highest BCUT2D eigenvalue weighted by atomic mass is 15.5. The Hall–Kier alpha value is -0.930. The van der Waals surface area contributed by atoms with Crippen molar-refractivity contribution in [3.8, 4) is 0 Å². The molecule has 1 aromatic rings. The standard InChI is InChI=1S/C5H9N4/c1-2-3-4-9-5-6-7-8-9/h2-4H2,1H3. The summed E-state index contributed by atoms with van der Waals surface area (Å²) >= 11 is 0. The van der Waals surface area contributed by atoms with Gasteiger partial charge in [-0.3, -0.25) is 0 Å². The summed E-state index contributed by atoms with van der Waals surface area (Å²) in [5, 5.41) is 10.5. The molecule has 0 spiro atoms. The van der Waals surface area contributed by atoms with Crippen molar-refractivity contribution in [2.24, 2.45) is 0 Å². The molecule has 0 aliphatic heterocycles. The van der Waals surface area contributed by atoms with Crippen molar-refractivity contribution in [2.75, 3.05) is 0 Å². The monoisotopic (exact) mass is 125 g/mol. The first kappa shape index (κ1) is 6.19. The van der Waals surface area contributed by atoms with Gasteiger partial charge in [0.25, 0.3) is 0 Å². The molecule has 0 aliphatic carbocycles. The van der Waals surface area contributed by atoms with Crippen molar-refractivity contribution in [2.45, 2.75) is 26.3 Å². The van der Waals surface area contributed by atoms with Crippen molar-refractivity contribution in [3.05, 3.63) is 6.33 Å². The Bertz CT molecular complexity index is 146. The van der Waals surface area contributed by atoms with Gasteiger partial charge in [0, 0.05) is 6.54 Å². The van der Waals surface area contributed by atoms with E-state index in [2.05, 4.69) is 28.8 Å². The first-order valence-corrected chi connectivity index (χ1v) is 3.07. The van der Waals surface area contributed by atoms with Crippen molar-refractivity contribution in [1.29, 1.82) is 0 Å². The van der Waals surface area contributed by atoms with Crippen molar-refractivity contribution in [1.82, 2.24) is 20.2 Å². The molecule has 0 unspecified atom stereocenters. The summed E-state index contributed by atoms with van der Waals surface area (Å²) in [6.07, 6.45) is 4.89. The average molecular weight is 125 g/mol. The van der Waals surface area contributed by atoms with Gasteiger partial charge in [-0.25, -0.2) is 4.68 Å². The summed E-state index contributed by atoms with van der Waals surface area (Å²) in [5.41, 5.74) is 0. The summed E-state index contributed by atoms with van der Waals surface area (Å²) in [6.45, 7) is 3.01. The number of nitrogens with zero attached hydrogens (tertiary/aromatic N) is 4. The molecule has 1 heterocycles. The molecule has 9 heavy (non-hydrogen) atoms. The molecule has 0 aliphatic rings. The molecule has 0 amide bonds. The Balaban J connectivity index is 2.30. The molecule has 1 aromatic heterocycles. The first-order chi connectivity index (χ1) is 4.43. The normalized spacial score (nSPS) is 9.89. The largest absolute Gasteiger partial charge is 0.223 e. The van der Waals surface area contributed by atoms with Crippen LogP contribution in [0.5, 0.6) is 0 Å². The molecule has 0 fully saturated rings. The van der Waals surface area contributed by atoms with Crippen LogP contribution in [0.3, 0.4) is 0 Å². The minimum absolute atomic E-state index is 0.878. The molecule has 0 bridgehead atoms.